The van der Waals surface area contributed by atoms with Gasteiger partial charge < -0.3 is 19.6 Å². The van der Waals surface area contributed by atoms with E-state index in [-0.39, 0.29) is 51.8 Å². The largest absolute Gasteiger partial charge is 0.481 e. The minimum atomic E-state index is -1.17. The van der Waals surface area contributed by atoms with E-state index < -0.39 is 22.9 Å². The van der Waals surface area contributed by atoms with Crippen molar-refractivity contribution in [2.75, 3.05) is 5.32 Å². The van der Waals surface area contributed by atoms with E-state index in [1.165, 1.54) is 5.57 Å². The van der Waals surface area contributed by atoms with Gasteiger partial charge in [0.1, 0.15) is 6.10 Å². The topological polar surface area (TPSA) is 155 Å². The summed E-state index contributed by atoms with van der Waals surface area (Å²) in [4.78, 5) is 38.9. The Bertz CT molecular complexity index is 1940. The van der Waals surface area contributed by atoms with E-state index >= 15 is 0 Å². The number of nitrogens with zero attached hydrogens (tertiary/aromatic N) is 3. The van der Waals surface area contributed by atoms with Gasteiger partial charge in [-0.3, -0.25) is 14.4 Å². The number of carbonyl (C=O) groups excluding carboxylic acids is 2. The molecule has 4 saturated carbocycles. The minimum Gasteiger partial charge on any atom is -0.481 e. The molecule has 0 spiro atoms. The Hall–Kier alpha value is -4.00. The number of ketones is 1. The molecule has 10 nitrogen and oxygen atoms in total. The molecule has 290 valence electrons. The van der Waals surface area contributed by atoms with Gasteiger partial charge in [0.25, 0.3) is 0 Å². The fourth-order valence-electron chi connectivity index (χ4n) is 12.9. The van der Waals surface area contributed by atoms with Crippen molar-refractivity contribution in [3.63, 3.8) is 0 Å². The first-order chi connectivity index (χ1) is 25.2. The molecule has 0 bridgehead atoms. The molecule has 0 saturated heterocycles. The van der Waals surface area contributed by atoms with E-state index in [0.717, 1.165) is 62.5 Å². The highest BCUT2D eigenvalue weighted by Crippen LogP contribution is 2.76. The van der Waals surface area contributed by atoms with Crippen molar-refractivity contribution < 1.29 is 28.6 Å². The first-order valence-corrected chi connectivity index (χ1v) is 20.1. The van der Waals surface area contributed by atoms with Crippen LogP contribution in [0.15, 0.2) is 39.8 Å². The van der Waals surface area contributed by atoms with Gasteiger partial charge >= 0.3 is 18.0 Å². The predicted octanol–water partition coefficient (Wildman–Crippen LogP) is 9.17. The van der Waals surface area contributed by atoms with Crippen LogP contribution in [0.25, 0.3) is 11.5 Å². The smallest absolute Gasteiger partial charge is 0.316 e. The number of hydrogen-bond donors (Lipinski definition) is 2. The van der Waals surface area contributed by atoms with E-state index in [1.54, 1.807) is 38.1 Å². The fraction of sp³-hybridized carbons (Fsp3) is 0.682. The molecular formula is C44H58N4O6. The number of rotatable bonds is 8. The first kappa shape index (κ1) is 38.3. The molecule has 10 heteroatoms. The standard InChI is InChI=1S/C44H58N4O6/c1-25(2)34-29(49)22-44(46-38-48-47-36(54-38)27-12-10-26(24-45)11-13-27)21-20-42(8)28(35(34)44)14-15-31-41(7)18-17-32(53-33(50)23-39(3,4)37(51)52)40(5,6)30(41)16-19-43(31,42)9/h10-13,25,28,30-32H,14-23H2,1-9H3,(H,46,48)(H,51,52)/t28-,30+,31-,32+,41+,42-,43-,44-/m1/s1. The maximum atomic E-state index is 14.1. The number of benzene rings is 1. The minimum absolute atomic E-state index is 0.0341. The summed E-state index contributed by atoms with van der Waals surface area (Å²) in [5.74, 6) is 0.306. The van der Waals surface area contributed by atoms with Gasteiger partial charge in [0.2, 0.25) is 5.89 Å². The number of ether oxygens (including phenoxy) is 1. The van der Waals surface area contributed by atoms with Crippen LogP contribution in [0, 0.1) is 62.1 Å². The van der Waals surface area contributed by atoms with Gasteiger partial charge in [-0.1, -0.05) is 53.6 Å². The van der Waals surface area contributed by atoms with Crippen molar-refractivity contribution in [3.05, 3.63) is 41.0 Å². The Labute approximate surface area is 319 Å². The second-order valence-electron chi connectivity index (χ2n) is 19.7. The number of Topliss-reactive ketones (excluding diaryl/α,β-unsaturated/α-hetero) is 1. The Balaban J connectivity index is 1.17. The van der Waals surface area contributed by atoms with Crippen molar-refractivity contribution >= 4 is 23.7 Å². The second-order valence-corrected chi connectivity index (χ2v) is 19.7. The Kier molecular flexibility index (Phi) is 9.06. The van der Waals surface area contributed by atoms with E-state index in [4.69, 9.17) is 9.15 Å². The molecule has 7 rings (SSSR count). The summed E-state index contributed by atoms with van der Waals surface area (Å²) in [5, 5.41) is 31.3. The molecule has 2 N–H and O–H groups in total. The van der Waals surface area contributed by atoms with E-state index in [2.05, 4.69) is 70.0 Å². The van der Waals surface area contributed by atoms with Gasteiger partial charge in [0.05, 0.1) is 29.0 Å². The van der Waals surface area contributed by atoms with Crippen LogP contribution >= 0.6 is 0 Å². The predicted molar refractivity (Wildman–Crippen MR) is 204 cm³/mol. The third kappa shape index (κ3) is 5.65. The highest BCUT2D eigenvalue weighted by molar-refractivity contribution is 6.02. The number of allylic oxidation sites excluding steroid dienone is 1. The molecule has 5 aliphatic carbocycles. The van der Waals surface area contributed by atoms with E-state index in [9.17, 15) is 24.8 Å². The number of fused-ring (bicyclic) bond motifs is 7. The molecule has 1 aromatic heterocycles. The number of nitrogens with one attached hydrogen (secondary N) is 1. The summed E-state index contributed by atoms with van der Waals surface area (Å²) in [6.07, 6.45) is 7.66. The molecule has 8 atom stereocenters. The number of esters is 1. The lowest BCUT2D eigenvalue weighted by atomic mass is 9.33. The van der Waals surface area contributed by atoms with E-state index in [0.29, 0.717) is 35.7 Å². The first-order valence-electron chi connectivity index (χ1n) is 20.1. The molecule has 0 radical (unpaired) electrons. The Morgan fingerprint density at radius 2 is 1.69 bits per heavy atom. The number of carboxylic acids is 1. The van der Waals surface area contributed by atoms with Crippen LogP contribution in [0.2, 0.25) is 0 Å². The summed E-state index contributed by atoms with van der Waals surface area (Å²) >= 11 is 0. The summed E-state index contributed by atoms with van der Waals surface area (Å²) in [7, 11) is 0. The van der Waals surface area contributed by atoms with Crippen molar-refractivity contribution in [1.82, 2.24) is 10.2 Å². The number of hydrogen-bond acceptors (Lipinski definition) is 9. The highest BCUT2D eigenvalue weighted by atomic mass is 16.5. The van der Waals surface area contributed by atoms with Crippen LogP contribution in [0.3, 0.4) is 0 Å². The molecule has 54 heavy (non-hydrogen) atoms. The molecule has 5 aliphatic rings. The SMILES string of the molecule is CC(C)C1=C2[C@H]3CC[C@@H]4[C@@]5(C)CC[C@H](OC(=O)CC(C)(C)C(=O)O)C(C)(C)[C@@H]5CC[C@@]4(C)[C@]3(C)CC[C@@]2(Nc2nnc(-c3ccc(C#N)cc3)o2)CC1=O. The average molecular weight is 739 g/mol. The van der Waals surface area contributed by atoms with Crippen molar-refractivity contribution in [1.29, 1.82) is 5.26 Å². The average Bonchev–Trinajstić information content (AvgIpc) is 3.67. The summed E-state index contributed by atoms with van der Waals surface area (Å²) in [5.41, 5.74) is 1.56. The molecule has 0 unspecified atom stereocenters. The zero-order chi connectivity index (χ0) is 39.2. The van der Waals surface area contributed by atoms with Crippen LogP contribution in [0.1, 0.15) is 132 Å². The molecule has 0 aliphatic heterocycles. The fourth-order valence-corrected chi connectivity index (χ4v) is 12.9. The van der Waals surface area contributed by atoms with Crippen molar-refractivity contribution in [3.8, 4) is 17.5 Å². The van der Waals surface area contributed by atoms with Gasteiger partial charge in [-0.05, 0) is 141 Å². The van der Waals surface area contributed by atoms with Gasteiger partial charge in [0.15, 0.2) is 5.78 Å². The summed E-state index contributed by atoms with van der Waals surface area (Å²) < 4.78 is 12.4. The number of nitriles is 1. The molecule has 1 aromatic carbocycles. The molecular weight excluding hydrogens is 681 g/mol. The van der Waals surface area contributed by atoms with Gasteiger partial charge in [-0.15, -0.1) is 5.10 Å². The lowest BCUT2D eigenvalue weighted by Gasteiger charge is -2.72. The van der Waals surface area contributed by atoms with E-state index in [1.807, 2.05) is 0 Å². The number of carbonyl (C=O) groups is 3. The van der Waals surface area contributed by atoms with Gasteiger partial charge in [0, 0.05) is 17.4 Å². The third-order valence-electron chi connectivity index (χ3n) is 15.8. The molecule has 4 fully saturated rings. The van der Waals surface area contributed by atoms with Crippen LogP contribution in [-0.2, 0) is 19.1 Å². The number of aliphatic carboxylic acids is 1. The summed E-state index contributed by atoms with van der Waals surface area (Å²) in [6.45, 7) is 19.5. The van der Waals surface area contributed by atoms with Gasteiger partial charge in [-0.25, -0.2) is 0 Å². The number of carboxylic acid groups (broad SMARTS) is 1. The maximum Gasteiger partial charge on any atom is 0.316 e. The highest BCUT2D eigenvalue weighted by Gasteiger charge is 2.70. The zero-order valence-corrected chi connectivity index (χ0v) is 33.6. The van der Waals surface area contributed by atoms with Crippen LogP contribution < -0.4 is 5.32 Å². The normalized spacial score (nSPS) is 35.7. The van der Waals surface area contributed by atoms with Crippen LogP contribution in [-0.4, -0.2) is 44.7 Å². The van der Waals surface area contributed by atoms with Crippen molar-refractivity contribution in [2.24, 2.45) is 50.7 Å². The lowest BCUT2D eigenvalue weighted by Crippen LogP contribution is -2.66. The lowest BCUT2D eigenvalue weighted by molar-refractivity contribution is -0.231. The maximum absolute atomic E-state index is 14.1. The Morgan fingerprint density at radius 3 is 2.33 bits per heavy atom. The van der Waals surface area contributed by atoms with Crippen molar-refractivity contribution in [2.45, 2.75) is 138 Å². The second kappa shape index (κ2) is 12.8. The van der Waals surface area contributed by atoms with Gasteiger partial charge in [-0.2, -0.15) is 5.26 Å². The summed E-state index contributed by atoms with van der Waals surface area (Å²) in [6, 6.07) is 9.53. The Morgan fingerprint density at radius 1 is 0.981 bits per heavy atom. The molecule has 1 heterocycles. The number of anilines is 1. The monoisotopic (exact) mass is 738 g/mol. The molecule has 2 aromatic rings. The molecule has 0 amide bonds. The zero-order valence-electron chi connectivity index (χ0n) is 33.6. The third-order valence-corrected chi connectivity index (χ3v) is 15.8. The quantitative estimate of drug-likeness (QED) is 0.251. The van der Waals surface area contributed by atoms with Crippen LogP contribution in [0.4, 0.5) is 6.01 Å². The van der Waals surface area contributed by atoms with Crippen LogP contribution in [0.5, 0.6) is 0 Å². The number of aromatic nitrogens is 2.